The van der Waals surface area contributed by atoms with Crippen molar-refractivity contribution in [2.24, 2.45) is 5.10 Å². The third-order valence-corrected chi connectivity index (χ3v) is 2.21. The van der Waals surface area contributed by atoms with Crippen LogP contribution in [0.3, 0.4) is 0 Å². The first-order valence-electron chi connectivity index (χ1n) is 4.63. The summed E-state index contributed by atoms with van der Waals surface area (Å²) in [6, 6.07) is 6.91. The molecule has 2 rings (SSSR count). The standard InChI is InChI=1S/C11H10N2O2/c1-8-6-11(15)13(12-8)10-5-3-2-4-9(10)7-14/h2-5,7H,6H2,1H3. The lowest BCUT2D eigenvalue weighted by Gasteiger charge is -2.13. The van der Waals surface area contributed by atoms with Gasteiger partial charge in [-0.25, -0.2) is 0 Å². The van der Waals surface area contributed by atoms with Crippen molar-refractivity contribution in [2.45, 2.75) is 13.3 Å². The van der Waals surface area contributed by atoms with E-state index in [0.29, 0.717) is 17.7 Å². The van der Waals surface area contributed by atoms with Crippen molar-refractivity contribution in [3.8, 4) is 0 Å². The highest BCUT2D eigenvalue weighted by Crippen LogP contribution is 2.23. The molecule has 0 unspecified atom stereocenters. The van der Waals surface area contributed by atoms with Crippen LogP contribution in [0.4, 0.5) is 5.69 Å². The van der Waals surface area contributed by atoms with Gasteiger partial charge in [-0.3, -0.25) is 9.59 Å². The second-order valence-electron chi connectivity index (χ2n) is 3.39. The van der Waals surface area contributed by atoms with Crippen molar-refractivity contribution in [1.82, 2.24) is 0 Å². The van der Waals surface area contributed by atoms with E-state index >= 15 is 0 Å². The van der Waals surface area contributed by atoms with E-state index in [4.69, 9.17) is 0 Å². The molecule has 0 spiro atoms. The number of hydrogen-bond donors (Lipinski definition) is 0. The van der Waals surface area contributed by atoms with Gasteiger partial charge in [0.1, 0.15) is 0 Å². The normalized spacial score (nSPS) is 15.4. The van der Waals surface area contributed by atoms with Crippen LogP contribution in [0.2, 0.25) is 0 Å². The lowest BCUT2D eigenvalue weighted by Crippen LogP contribution is -2.20. The molecule has 0 bridgehead atoms. The second-order valence-corrected chi connectivity index (χ2v) is 3.39. The lowest BCUT2D eigenvalue weighted by atomic mass is 10.2. The van der Waals surface area contributed by atoms with Gasteiger partial charge in [-0.2, -0.15) is 10.1 Å². The molecule has 1 amide bonds. The smallest absolute Gasteiger partial charge is 0.253 e. The van der Waals surface area contributed by atoms with Gasteiger partial charge in [-0.15, -0.1) is 0 Å². The highest BCUT2D eigenvalue weighted by Gasteiger charge is 2.24. The summed E-state index contributed by atoms with van der Waals surface area (Å²) in [5.74, 6) is -0.0956. The molecule has 0 saturated heterocycles. The van der Waals surface area contributed by atoms with Gasteiger partial charge in [0.2, 0.25) is 0 Å². The molecule has 0 aliphatic carbocycles. The zero-order chi connectivity index (χ0) is 10.8. The topological polar surface area (TPSA) is 49.7 Å². The fourth-order valence-corrected chi connectivity index (χ4v) is 1.52. The maximum absolute atomic E-state index is 11.5. The number of hydrogen-bond acceptors (Lipinski definition) is 3. The van der Waals surface area contributed by atoms with E-state index in [2.05, 4.69) is 5.10 Å². The molecular weight excluding hydrogens is 192 g/mol. The average molecular weight is 202 g/mol. The van der Waals surface area contributed by atoms with Crippen LogP contribution in [0, 0.1) is 0 Å². The average Bonchev–Trinajstić information content (AvgIpc) is 2.57. The Morgan fingerprint density at radius 2 is 2.13 bits per heavy atom. The molecule has 0 aromatic heterocycles. The Balaban J connectivity index is 2.45. The number of aldehydes is 1. The molecule has 0 radical (unpaired) electrons. The molecule has 4 nitrogen and oxygen atoms in total. The molecule has 0 fully saturated rings. The summed E-state index contributed by atoms with van der Waals surface area (Å²) < 4.78 is 0. The van der Waals surface area contributed by atoms with Crippen molar-refractivity contribution in [2.75, 3.05) is 5.01 Å². The largest absolute Gasteiger partial charge is 0.298 e. The van der Waals surface area contributed by atoms with E-state index in [1.54, 1.807) is 31.2 Å². The predicted octanol–water partition coefficient (Wildman–Crippen LogP) is 1.61. The van der Waals surface area contributed by atoms with Crippen LogP contribution in [0.15, 0.2) is 29.4 Å². The van der Waals surface area contributed by atoms with E-state index in [-0.39, 0.29) is 5.91 Å². The number of carbonyl (C=O) groups is 2. The van der Waals surface area contributed by atoms with Gasteiger partial charge in [0.15, 0.2) is 6.29 Å². The van der Waals surface area contributed by atoms with Crippen molar-refractivity contribution in [3.63, 3.8) is 0 Å². The van der Waals surface area contributed by atoms with Gasteiger partial charge in [0.05, 0.1) is 12.1 Å². The van der Waals surface area contributed by atoms with Gasteiger partial charge in [0, 0.05) is 11.3 Å². The third kappa shape index (κ3) is 1.66. The van der Waals surface area contributed by atoms with Crippen molar-refractivity contribution >= 4 is 23.6 Å². The summed E-state index contributed by atoms with van der Waals surface area (Å²) in [4.78, 5) is 22.3. The van der Waals surface area contributed by atoms with Gasteiger partial charge in [-0.05, 0) is 19.1 Å². The van der Waals surface area contributed by atoms with Gasteiger partial charge in [-0.1, -0.05) is 12.1 Å². The van der Waals surface area contributed by atoms with E-state index < -0.39 is 0 Å². The zero-order valence-corrected chi connectivity index (χ0v) is 8.30. The number of anilines is 1. The van der Waals surface area contributed by atoms with Crippen LogP contribution in [0.25, 0.3) is 0 Å². The van der Waals surface area contributed by atoms with E-state index in [1.807, 2.05) is 0 Å². The van der Waals surface area contributed by atoms with Crippen LogP contribution < -0.4 is 5.01 Å². The summed E-state index contributed by atoms with van der Waals surface area (Å²) >= 11 is 0. The number of carbonyl (C=O) groups excluding carboxylic acids is 2. The van der Waals surface area contributed by atoms with E-state index in [9.17, 15) is 9.59 Å². The Kier molecular flexibility index (Phi) is 2.33. The Bertz CT molecular complexity index is 452. The Labute approximate surface area is 87.2 Å². The fourth-order valence-electron chi connectivity index (χ4n) is 1.52. The Morgan fingerprint density at radius 1 is 1.40 bits per heavy atom. The quantitative estimate of drug-likeness (QED) is 0.684. The zero-order valence-electron chi connectivity index (χ0n) is 8.30. The van der Waals surface area contributed by atoms with E-state index in [1.165, 1.54) is 5.01 Å². The lowest BCUT2D eigenvalue weighted by molar-refractivity contribution is -0.116. The fraction of sp³-hybridized carbons (Fsp3) is 0.182. The molecule has 1 aliphatic rings. The molecule has 15 heavy (non-hydrogen) atoms. The Hall–Kier alpha value is -1.97. The number of rotatable bonds is 2. The monoisotopic (exact) mass is 202 g/mol. The summed E-state index contributed by atoms with van der Waals surface area (Å²) in [6.07, 6.45) is 1.05. The maximum atomic E-state index is 11.5. The van der Waals surface area contributed by atoms with Crippen LogP contribution in [-0.2, 0) is 4.79 Å². The molecular formula is C11H10N2O2. The van der Waals surface area contributed by atoms with Crippen molar-refractivity contribution in [3.05, 3.63) is 29.8 Å². The SMILES string of the molecule is CC1=NN(c2ccccc2C=O)C(=O)C1. The highest BCUT2D eigenvalue weighted by atomic mass is 16.2. The first-order chi connectivity index (χ1) is 7.22. The molecule has 1 aromatic rings. The molecule has 1 aliphatic heterocycles. The minimum Gasteiger partial charge on any atom is -0.298 e. The Morgan fingerprint density at radius 3 is 2.73 bits per heavy atom. The molecule has 4 heteroatoms. The minimum absolute atomic E-state index is 0.0956. The molecule has 1 aromatic carbocycles. The first-order valence-corrected chi connectivity index (χ1v) is 4.63. The third-order valence-electron chi connectivity index (χ3n) is 2.21. The summed E-state index contributed by atoms with van der Waals surface area (Å²) in [5, 5.41) is 5.38. The predicted molar refractivity (Wildman–Crippen MR) is 57.0 cm³/mol. The molecule has 76 valence electrons. The maximum Gasteiger partial charge on any atom is 0.253 e. The number of para-hydroxylation sites is 1. The number of nitrogens with zero attached hydrogens (tertiary/aromatic N) is 2. The van der Waals surface area contributed by atoms with Gasteiger partial charge < -0.3 is 0 Å². The highest BCUT2D eigenvalue weighted by molar-refractivity contribution is 6.13. The van der Waals surface area contributed by atoms with Crippen LogP contribution in [0.1, 0.15) is 23.7 Å². The number of hydrazone groups is 1. The van der Waals surface area contributed by atoms with Gasteiger partial charge in [0.25, 0.3) is 5.91 Å². The summed E-state index contributed by atoms with van der Waals surface area (Å²) in [6.45, 7) is 1.79. The summed E-state index contributed by atoms with van der Waals surface area (Å²) in [5.41, 5.74) is 1.79. The molecule has 0 N–H and O–H groups in total. The first kappa shape index (κ1) is 9.58. The van der Waals surface area contributed by atoms with Crippen molar-refractivity contribution < 1.29 is 9.59 Å². The molecule has 0 saturated carbocycles. The van der Waals surface area contributed by atoms with Crippen LogP contribution in [-0.4, -0.2) is 17.9 Å². The second kappa shape index (κ2) is 3.65. The van der Waals surface area contributed by atoms with Crippen LogP contribution >= 0.6 is 0 Å². The van der Waals surface area contributed by atoms with Crippen LogP contribution in [0.5, 0.6) is 0 Å². The van der Waals surface area contributed by atoms with Crippen molar-refractivity contribution in [1.29, 1.82) is 0 Å². The van der Waals surface area contributed by atoms with E-state index in [0.717, 1.165) is 12.0 Å². The minimum atomic E-state index is -0.0956. The number of benzene rings is 1. The molecule has 0 atom stereocenters. The number of amides is 1. The summed E-state index contributed by atoms with van der Waals surface area (Å²) in [7, 11) is 0. The molecule has 1 heterocycles. The van der Waals surface area contributed by atoms with Gasteiger partial charge >= 0.3 is 0 Å².